The van der Waals surface area contributed by atoms with Crippen LogP contribution < -0.4 is 4.90 Å². The SMILES string of the molecule is Cc1cc(C)c(N(CC(=O)O)CC(=O)O)c(C)c1. The van der Waals surface area contributed by atoms with Crippen LogP contribution in [0.1, 0.15) is 16.7 Å². The minimum Gasteiger partial charge on any atom is -0.480 e. The summed E-state index contributed by atoms with van der Waals surface area (Å²) in [6.45, 7) is 5.01. The van der Waals surface area contributed by atoms with Crippen LogP contribution in [0, 0.1) is 20.8 Å². The normalized spacial score (nSPS) is 10.2. The van der Waals surface area contributed by atoms with Crippen LogP contribution in [0.15, 0.2) is 12.1 Å². The number of carboxylic acids is 2. The molecule has 1 aromatic rings. The fourth-order valence-electron chi connectivity index (χ4n) is 2.21. The number of benzene rings is 1. The quantitative estimate of drug-likeness (QED) is 0.830. The zero-order valence-electron chi connectivity index (χ0n) is 10.7. The summed E-state index contributed by atoms with van der Waals surface area (Å²) in [6, 6.07) is 3.83. The van der Waals surface area contributed by atoms with E-state index >= 15 is 0 Å². The van der Waals surface area contributed by atoms with E-state index in [-0.39, 0.29) is 13.1 Å². The Labute approximate surface area is 106 Å². The highest BCUT2D eigenvalue weighted by molar-refractivity contribution is 5.81. The number of hydrogen-bond acceptors (Lipinski definition) is 3. The number of aliphatic carboxylic acids is 2. The smallest absolute Gasteiger partial charge is 0.323 e. The fourth-order valence-corrected chi connectivity index (χ4v) is 2.21. The molecule has 0 radical (unpaired) electrons. The first kappa shape index (κ1) is 14.0. The van der Waals surface area contributed by atoms with E-state index in [9.17, 15) is 9.59 Å². The van der Waals surface area contributed by atoms with Crippen LogP contribution in [0.3, 0.4) is 0 Å². The summed E-state index contributed by atoms with van der Waals surface area (Å²) < 4.78 is 0. The molecule has 0 aliphatic heterocycles. The Morgan fingerprint density at radius 1 is 1.00 bits per heavy atom. The van der Waals surface area contributed by atoms with Crippen molar-refractivity contribution in [1.82, 2.24) is 0 Å². The van der Waals surface area contributed by atoms with E-state index in [1.807, 2.05) is 32.9 Å². The molecule has 1 aromatic carbocycles. The van der Waals surface area contributed by atoms with Crippen LogP contribution in [0.4, 0.5) is 5.69 Å². The lowest BCUT2D eigenvalue weighted by Crippen LogP contribution is -2.35. The summed E-state index contributed by atoms with van der Waals surface area (Å²) in [6.07, 6.45) is 0. The molecule has 2 N–H and O–H groups in total. The van der Waals surface area contributed by atoms with E-state index in [4.69, 9.17) is 10.2 Å². The van der Waals surface area contributed by atoms with Crippen molar-refractivity contribution in [3.05, 3.63) is 28.8 Å². The highest BCUT2D eigenvalue weighted by Gasteiger charge is 2.18. The van der Waals surface area contributed by atoms with Crippen LogP contribution in [0.2, 0.25) is 0 Å². The van der Waals surface area contributed by atoms with Gasteiger partial charge in [-0.2, -0.15) is 0 Å². The lowest BCUT2D eigenvalue weighted by molar-refractivity contribution is -0.136. The minimum absolute atomic E-state index is 0.322. The van der Waals surface area contributed by atoms with Gasteiger partial charge >= 0.3 is 11.9 Å². The third-order valence-corrected chi connectivity index (χ3v) is 2.60. The summed E-state index contributed by atoms with van der Waals surface area (Å²) in [5, 5.41) is 17.7. The third-order valence-electron chi connectivity index (χ3n) is 2.60. The molecule has 5 heteroatoms. The van der Waals surface area contributed by atoms with Crippen LogP contribution in [-0.2, 0) is 9.59 Å². The fraction of sp³-hybridized carbons (Fsp3) is 0.385. The summed E-state index contributed by atoms with van der Waals surface area (Å²) in [5.74, 6) is -2.09. The number of carboxylic acid groups (broad SMARTS) is 2. The largest absolute Gasteiger partial charge is 0.480 e. The van der Waals surface area contributed by atoms with Gasteiger partial charge in [0.1, 0.15) is 13.1 Å². The highest BCUT2D eigenvalue weighted by atomic mass is 16.4. The van der Waals surface area contributed by atoms with Crippen LogP contribution in [0.5, 0.6) is 0 Å². The molecule has 0 unspecified atom stereocenters. The summed E-state index contributed by atoms with van der Waals surface area (Å²) in [5.41, 5.74) is 3.52. The summed E-state index contributed by atoms with van der Waals surface area (Å²) in [7, 11) is 0. The summed E-state index contributed by atoms with van der Waals surface area (Å²) >= 11 is 0. The molecule has 0 fully saturated rings. The van der Waals surface area contributed by atoms with E-state index in [0.29, 0.717) is 5.69 Å². The number of rotatable bonds is 5. The lowest BCUT2D eigenvalue weighted by Gasteiger charge is -2.25. The molecule has 0 saturated heterocycles. The Hall–Kier alpha value is -2.04. The minimum atomic E-state index is -1.05. The van der Waals surface area contributed by atoms with Gasteiger partial charge in [0.2, 0.25) is 0 Å². The van der Waals surface area contributed by atoms with Crippen molar-refractivity contribution in [2.24, 2.45) is 0 Å². The van der Waals surface area contributed by atoms with Crippen LogP contribution in [0.25, 0.3) is 0 Å². The topological polar surface area (TPSA) is 77.8 Å². The molecule has 0 atom stereocenters. The molecule has 0 heterocycles. The third kappa shape index (κ3) is 3.48. The molecule has 0 aromatic heterocycles. The maximum absolute atomic E-state index is 10.8. The number of carbonyl (C=O) groups is 2. The van der Waals surface area contributed by atoms with Gasteiger partial charge in [0, 0.05) is 5.69 Å². The monoisotopic (exact) mass is 251 g/mol. The highest BCUT2D eigenvalue weighted by Crippen LogP contribution is 2.26. The molecule has 1 rings (SSSR count). The van der Waals surface area contributed by atoms with E-state index < -0.39 is 11.9 Å². The molecular formula is C13H17NO4. The molecule has 0 spiro atoms. The van der Waals surface area contributed by atoms with Crippen molar-refractivity contribution >= 4 is 17.6 Å². The Morgan fingerprint density at radius 2 is 1.39 bits per heavy atom. The van der Waals surface area contributed by atoms with Gasteiger partial charge in [0.05, 0.1) is 0 Å². The molecule has 0 aliphatic rings. The van der Waals surface area contributed by atoms with Crippen molar-refractivity contribution in [3.8, 4) is 0 Å². The Morgan fingerprint density at radius 3 is 1.72 bits per heavy atom. The van der Waals surface area contributed by atoms with E-state index in [2.05, 4.69) is 0 Å². The first-order chi connectivity index (χ1) is 8.31. The molecule has 0 bridgehead atoms. The molecule has 5 nitrogen and oxygen atoms in total. The maximum Gasteiger partial charge on any atom is 0.323 e. The van der Waals surface area contributed by atoms with Crippen molar-refractivity contribution in [2.45, 2.75) is 20.8 Å². The molecular weight excluding hydrogens is 234 g/mol. The number of aryl methyl sites for hydroxylation is 3. The number of nitrogens with zero attached hydrogens (tertiary/aromatic N) is 1. The second kappa shape index (κ2) is 5.53. The predicted molar refractivity (Wildman–Crippen MR) is 68.1 cm³/mol. The van der Waals surface area contributed by atoms with Crippen molar-refractivity contribution in [3.63, 3.8) is 0 Å². The van der Waals surface area contributed by atoms with Gasteiger partial charge < -0.3 is 15.1 Å². The van der Waals surface area contributed by atoms with Gasteiger partial charge in [0.25, 0.3) is 0 Å². The average Bonchev–Trinajstić information content (AvgIpc) is 2.12. The van der Waals surface area contributed by atoms with Crippen molar-refractivity contribution in [1.29, 1.82) is 0 Å². The van der Waals surface area contributed by atoms with Crippen molar-refractivity contribution < 1.29 is 19.8 Å². The molecule has 0 aliphatic carbocycles. The lowest BCUT2D eigenvalue weighted by atomic mass is 10.0. The average molecular weight is 251 g/mol. The molecule has 0 saturated carbocycles. The van der Waals surface area contributed by atoms with E-state index in [0.717, 1.165) is 16.7 Å². The van der Waals surface area contributed by atoms with Gasteiger partial charge in [-0.3, -0.25) is 9.59 Å². The van der Waals surface area contributed by atoms with Gasteiger partial charge in [-0.05, 0) is 31.9 Å². The molecule has 0 amide bonds. The van der Waals surface area contributed by atoms with Gasteiger partial charge in [-0.1, -0.05) is 17.7 Å². The standard InChI is InChI=1S/C13H17NO4/c1-8-4-9(2)13(10(3)5-8)14(6-11(15)16)7-12(17)18/h4-5H,6-7H2,1-3H3,(H,15,16)(H,17,18). The zero-order valence-corrected chi connectivity index (χ0v) is 10.7. The second-order valence-corrected chi connectivity index (χ2v) is 4.39. The second-order valence-electron chi connectivity index (χ2n) is 4.39. The first-order valence-corrected chi connectivity index (χ1v) is 5.57. The van der Waals surface area contributed by atoms with E-state index in [1.54, 1.807) is 0 Å². The van der Waals surface area contributed by atoms with E-state index in [1.165, 1.54) is 4.90 Å². The molecule has 18 heavy (non-hydrogen) atoms. The number of anilines is 1. The van der Waals surface area contributed by atoms with Gasteiger partial charge in [0.15, 0.2) is 0 Å². The van der Waals surface area contributed by atoms with Crippen LogP contribution in [-0.4, -0.2) is 35.2 Å². The Bertz CT molecular complexity index is 443. The van der Waals surface area contributed by atoms with Gasteiger partial charge in [-0.25, -0.2) is 0 Å². The zero-order chi connectivity index (χ0) is 13.9. The predicted octanol–water partition coefficient (Wildman–Crippen LogP) is 1.59. The van der Waals surface area contributed by atoms with Gasteiger partial charge in [-0.15, -0.1) is 0 Å². The number of hydrogen-bond donors (Lipinski definition) is 2. The Balaban J connectivity index is 3.19. The summed E-state index contributed by atoms with van der Waals surface area (Å²) in [4.78, 5) is 23.0. The first-order valence-electron chi connectivity index (χ1n) is 5.57. The van der Waals surface area contributed by atoms with Crippen molar-refractivity contribution in [2.75, 3.05) is 18.0 Å². The maximum atomic E-state index is 10.8. The van der Waals surface area contributed by atoms with Crippen LogP contribution >= 0.6 is 0 Å². The molecule has 98 valence electrons. The Kier molecular flexibility index (Phi) is 4.31.